The van der Waals surface area contributed by atoms with Crippen molar-refractivity contribution in [3.63, 3.8) is 0 Å². The van der Waals surface area contributed by atoms with Crippen LogP contribution in [0.1, 0.15) is 20.8 Å². The highest BCUT2D eigenvalue weighted by atomic mass is 16.6. The van der Waals surface area contributed by atoms with Crippen LogP contribution < -0.4 is 36.1 Å². The van der Waals surface area contributed by atoms with E-state index in [1.165, 1.54) is 0 Å². The highest BCUT2D eigenvalue weighted by molar-refractivity contribution is 5.99. The summed E-state index contributed by atoms with van der Waals surface area (Å²) in [6.45, 7) is 3.09. The average molecular weight is 577 g/mol. The summed E-state index contributed by atoms with van der Waals surface area (Å²) >= 11 is 0. The fourth-order valence-electron chi connectivity index (χ4n) is 4.29. The number of fused-ring (bicyclic) bond motifs is 1. The van der Waals surface area contributed by atoms with Gasteiger partial charge in [-0.3, -0.25) is 23.7 Å². The molecule has 0 unspecified atom stereocenters. The standard InChI is InChI=1S/C28H24N4O10/c1-14(33)40-21-12-18(13-22(41-15(2)34)24(21)42-16(3)35)31(28(38)39)23-25(29)32(27(37)30(4)26(23)36)20-11-7-9-17-8-5-6-10-19(17)20/h5-13H,29H2,1-4H3,(H,38,39). The normalized spacial score (nSPS) is 10.7. The van der Waals surface area contributed by atoms with Crippen molar-refractivity contribution < 1.29 is 38.5 Å². The van der Waals surface area contributed by atoms with E-state index in [-0.39, 0.29) is 5.69 Å². The molecule has 1 amide bonds. The molecule has 3 aromatic carbocycles. The van der Waals surface area contributed by atoms with Crippen molar-refractivity contribution in [2.45, 2.75) is 20.8 Å². The summed E-state index contributed by atoms with van der Waals surface area (Å²) in [5.74, 6) is -4.70. The van der Waals surface area contributed by atoms with Crippen LogP contribution in [-0.2, 0) is 21.4 Å². The molecule has 3 N–H and O–H groups in total. The van der Waals surface area contributed by atoms with Gasteiger partial charge in [0.05, 0.1) is 11.4 Å². The van der Waals surface area contributed by atoms with Crippen LogP contribution in [0, 0.1) is 0 Å². The second-order valence-electron chi connectivity index (χ2n) is 8.88. The van der Waals surface area contributed by atoms with Crippen molar-refractivity contribution in [2.24, 2.45) is 7.05 Å². The van der Waals surface area contributed by atoms with E-state index >= 15 is 0 Å². The second kappa shape index (κ2) is 11.3. The third kappa shape index (κ3) is 5.40. The summed E-state index contributed by atoms with van der Waals surface area (Å²) in [5, 5.41) is 11.6. The van der Waals surface area contributed by atoms with Gasteiger partial charge in [-0.2, -0.15) is 0 Å². The van der Waals surface area contributed by atoms with Crippen molar-refractivity contribution in [2.75, 3.05) is 10.6 Å². The van der Waals surface area contributed by atoms with Gasteiger partial charge in [0.2, 0.25) is 5.75 Å². The van der Waals surface area contributed by atoms with Gasteiger partial charge in [-0.1, -0.05) is 36.4 Å². The number of carbonyl (C=O) groups is 4. The third-order valence-electron chi connectivity index (χ3n) is 5.91. The minimum absolute atomic E-state index is 0.268. The van der Waals surface area contributed by atoms with E-state index in [1.54, 1.807) is 42.5 Å². The molecule has 0 aliphatic heterocycles. The largest absolute Gasteiger partial charge is 0.464 e. The number of benzene rings is 3. The number of ether oxygens (including phenoxy) is 3. The zero-order valence-corrected chi connectivity index (χ0v) is 22.7. The summed E-state index contributed by atoms with van der Waals surface area (Å²) in [7, 11) is 1.15. The molecular formula is C28H24N4O10. The van der Waals surface area contributed by atoms with Crippen LogP contribution in [0.25, 0.3) is 16.5 Å². The Morgan fingerprint density at radius 1 is 0.833 bits per heavy atom. The van der Waals surface area contributed by atoms with Crippen LogP contribution in [0.5, 0.6) is 17.2 Å². The molecule has 0 saturated carbocycles. The van der Waals surface area contributed by atoms with E-state index in [1.807, 2.05) is 0 Å². The summed E-state index contributed by atoms with van der Waals surface area (Å²) in [6, 6.07) is 14.0. The number of hydrogen-bond acceptors (Lipinski definition) is 10. The van der Waals surface area contributed by atoms with Gasteiger partial charge in [0.15, 0.2) is 17.2 Å². The molecular weight excluding hydrogens is 552 g/mol. The van der Waals surface area contributed by atoms with Crippen molar-refractivity contribution in [3.05, 3.63) is 75.4 Å². The van der Waals surface area contributed by atoms with Gasteiger partial charge < -0.3 is 25.1 Å². The molecule has 4 aromatic rings. The third-order valence-corrected chi connectivity index (χ3v) is 5.91. The molecule has 1 heterocycles. The van der Waals surface area contributed by atoms with Crippen LogP contribution in [0.3, 0.4) is 0 Å². The Morgan fingerprint density at radius 2 is 1.38 bits per heavy atom. The molecule has 0 fully saturated rings. The molecule has 1 aromatic heterocycles. The lowest BCUT2D eigenvalue weighted by molar-refractivity contribution is -0.135. The molecule has 0 bridgehead atoms. The Bertz CT molecular complexity index is 1870. The maximum atomic E-state index is 13.4. The van der Waals surface area contributed by atoms with Gasteiger partial charge in [0.1, 0.15) is 5.82 Å². The van der Waals surface area contributed by atoms with E-state index in [4.69, 9.17) is 19.9 Å². The fraction of sp³-hybridized carbons (Fsp3) is 0.143. The number of carboxylic acid groups (broad SMARTS) is 1. The lowest BCUT2D eigenvalue weighted by atomic mass is 10.1. The molecule has 0 atom stereocenters. The van der Waals surface area contributed by atoms with Crippen molar-refractivity contribution in [1.29, 1.82) is 0 Å². The molecule has 4 rings (SSSR count). The first-order valence-corrected chi connectivity index (χ1v) is 12.2. The van der Waals surface area contributed by atoms with Gasteiger partial charge >= 0.3 is 29.7 Å². The number of nitrogen functional groups attached to an aromatic ring is 1. The van der Waals surface area contributed by atoms with E-state index in [0.29, 0.717) is 14.9 Å². The Labute approximate surface area is 236 Å². The molecule has 216 valence electrons. The molecule has 0 radical (unpaired) electrons. The van der Waals surface area contributed by atoms with Gasteiger partial charge in [-0.05, 0) is 11.5 Å². The summed E-state index contributed by atoms with van der Waals surface area (Å²) in [6.07, 6.45) is -1.75. The van der Waals surface area contributed by atoms with E-state index in [9.17, 15) is 33.9 Å². The van der Waals surface area contributed by atoms with Gasteiger partial charge in [-0.25, -0.2) is 19.1 Å². The maximum absolute atomic E-state index is 13.4. The lowest BCUT2D eigenvalue weighted by Crippen LogP contribution is -2.43. The summed E-state index contributed by atoms with van der Waals surface area (Å²) < 4.78 is 17.0. The van der Waals surface area contributed by atoms with E-state index < -0.39 is 69.7 Å². The van der Waals surface area contributed by atoms with Crippen molar-refractivity contribution in [3.8, 4) is 22.9 Å². The Balaban J connectivity index is 2.09. The average Bonchev–Trinajstić information content (AvgIpc) is 2.90. The quantitative estimate of drug-likeness (QED) is 0.254. The number of rotatable bonds is 6. The first kappa shape index (κ1) is 29.1. The number of carbonyl (C=O) groups excluding carboxylic acids is 3. The summed E-state index contributed by atoms with van der Waals surface area (Å²) in [5.41, 5.74) is 3.65. The highest BCUT2D eigenvalue weighted by Gasteiger charge is 2.31. The molecule has 0 aliphatic rings. The topological polar surface area (TPSA) is 189 Å². The number of aromatic nitrogens is 2. The first-order valence-electron chi connectivity index (χ1n) is 12.2. The molecule has 0 spiro atoms. The Hall–Kier alpha value is -5.92. The second-order valence-corrected chi connectivity index (χ2v) is 8.88. The number of amides is 1. The fourth-order valence-corrected chi connectivity index (χ4v) is 4.29. The minimum Gasteiger partial charge on any atom is -0.464 e. The number of nitrogens with two attached hydrogens (primary N) is 1. The molecule has 14 nitrogen and oxygen atoms in total. The number of anilines is 3. The number of nitrogens with zero attached hydrogens (tertiary/aromatic N) is 3. The Morgan fingerprint density at radius 3 is 1.93 bits per heavy atom. The van der Waals surface area contributed by atoms with E-state index in [2.05, 4.69) is 0 Å². The predicted molar refractivity (Wildman–Crippen MR) is 150 cm³/mol. The van der Waals surface area contributed by atoms with Crippen LogP contribution >= 0.6 is 0 Å². The molecule has 14 heteroatoms. The monoisotopic (exact) mass is 576 g/mol. The Kier molecular flexibility index (Phi) is 7.81. The molecule has 42 heavy (non-hydrogen) atoms. The molecule has 0 saturated heterocycles. The first-order chi connectivity index (χ1) is 19.8. The van der Waals surface area contributed by atoms with Gasteiger partial charge in [-0.15, -0.1) is 0 Å². The predicted octanol–water partition coefficient (Wildman–Crippen LogP) is 2.86. The van der Waals surface area contributed by atoms with Crippen LogP contribution in [-0.4, -0.2) is 38.2 Å². The summed E-state index contributed by atoms with van der Waals surface area (Å²) in [4.78, 5) is 75.4. The lowest BCUT2D eigenvalue weighted by Gasteiger charge is -2.25. The van der Waals surface area contributed by atoms with E-state index in [0.717, 1.165) is 49.9 Å². The SMILES string of the molecule is CC(=O)Oc1cc(N(C(=O)O)c2c(N)n(-c3cccc4ccccc34)c(=O)n(C)c2=O)cc(OC(C)=O)c1OC(C)=O. The minimum atomic E-state index is -1.75. The van der Waals surface area contributed by atoms with Crippen molar-refractivity contribution >= 4 is 52.0 Å². The zero-order valence-electron chi connectivity index (χ0n) is 22.7. The van der Waals surface area contributed by atoms with Crippen LogP contribution in [0.15, 0.2) is 64.2 Å². The van der Waals surface area contributed by atoms with Gasteiger partial charge in [0.25, 0.3) is 5.56 Å². The highest BCUT2D eigenvalue weighted by Crippen LogP contribution is 2.44. The maximum Gasteiger partial charge on any atom is 0.416 e. The van der Waals surface area contributed by atoms with Crippen LogP contribution in [0.4, 0.5) is 22.0 Å². The smallest absolute Gasteiger partial charge is 0.416 e. The number of hydrogen-bond donors (Lipinski definition) is 2. The van der Waals surface area contributed by atoms with Gasteiger partial charge in [0, 0.05) is 45.3 Å². The van der Waals surface area contributed by atoms with Crippen LogP contribution in [0.2, 0.25) is 0 Å². The molecule has 0 aliphatic carbocycles. The number of esters is 3. The van der Waals surface area contributed by atoms with Crippen molar-refractivity contribution in [1.82, 2.24) is 9.13 Å². The zero-order chi connectivity index (χ0) is 30.9.